The molecule has 0 aliphatic rings. The summed E-state index contributed by atoms with van der Waals surface area (Å²) in [6.07, 6.45) is 0.435. The smallest absolute Gasteiger partial charge is 0.252 e. The molecule has 0 aliphatic heterocycles. The molecule has 1 unspecified atom stereocenters. The second kappa shape index (κ2) is 7.64. The van der Waals surface area contributed by atoms with Crippen LogP contribution in [0.1, 0.15) is 21.5 Å². The van der Waals surface area contributed by atoms with E-state index in [-0.39, 0.29) is 11.8 Å². The Balaban J connectivity index is 2.22. The van der Waals surface area contributed by atoms with Gasteiger partial charge in [-0.05, 0) is 30.2 Å². The normalized spacial score (nSPS) is 11.6. The zero-order valence-electron chi connectivity index (χ0n) is 14.2. The van der Waals surface area contributed by atoms with Crippen molar-refractivity contribution in [2.45, 2.75) is 19.4 Å². The third kappa shape index (κ3) is 4.35. The van der Waals surface area contributed by atoms with Crippen molar-refractivity contribution < 1.29 is 9.59 Å². The molecule has 2 rings (SSSR count). The number of rotatable bonds is 5. The Kier molecular flexibility index (Phi) is 5.58. The van der Waals surface area contributed by atoms with Crippen LogP contribution >= 0.6 is 0 Å². The van der Waals surface area contributed by atoms with Crippen LogP contribution < -0.4 is 11.1 Å². The van der Waals surface area contributed by atoms with Crippen LogP contribution in [-0.4, -0.2) is 36.9 Å². The summed E-state index contributed by atoms with van der Waals surface area (Å²) in [5.74, 6) is -0.440. The maximum atomic E-state index is 12.6. The van der Waals surface area contributed by atoms with Crippen LogP contribution in [0.2, 0.25) is 0 Å². The van der Waals surface area contributed by atoms with Gasteiger partial charge < -0.3 is 16.0 Å². The Hall–Kier alpha value is -2.82. The number of carbonyl (C=O) groups excluding carboxylic acids is 2. The number of benzene rings is 2. The SMILES string of the molecule is Cc1ccc(N)cc1C(=O)NC(Cc1ccccc1)C(=O)N(C)C. The van der Waals surface area contributed by atoms with Crippen LogP contribution in [0.3, 0.4) is 0 Å². The van der Waals surface area contributed by atoms with Crippen molar-refractivity contribution in [3.8, 4) is 0 Å². The molecule has 0 heterocycles. The number of hydrogen-bond donors (Lipinski definition) is 2. The van der Waals surface area contributed by atoms with E-state index in [1.54, 1.807) is 32.3 Å². The van der Waals surface area contributed by atoms with Gasteiger partial charge in [-0.2, -0.15) is 0 Å². The zero-order chi connectivity index (χ0) is 17.7. The molecule has 0 aromatic heterocycles. The van der Waals surface area contributed by atoms with E-state index < -0.39 is 6.04 Å². The van der Waals surface area contributed by atoms with E-state index in [1.165, 1.54) is 4.90 Å². The van der Waals surface area contributed by atoms with Crippen molar-refractivity contribution in [1.82, 2.24) is 10.2 Å². The highest BCUT2D eigenvalue weighted by molar-refractivity contribution is 5.99. The number of nitrogens with zero attached hydrogens (tertiary/aromatic N) is 1. The highest BCUT2D eigenvalue weighted by Gasteiger charge is 2.24. The van der Waals surface area contributed by atoms with Crippen molar-refractivity contribution in [2.75, 3.05) is 19.8 Å². The van der Waals surface area contributed by atoms with E-state index in [4.69, 9.17) is 5.73 Å². The quantitative estimate of drug-likeness (QED) is 0.826. The molecule has 24 heavy (non-hydrogen) atoms. The number of likely N-dealkylation sites (N-methyl/N-ethyl adjacent to an activating group) is 1. The largest absolute Gasteiger partial charge is 0.399 e. The van der Waals surface area contributed by atoms with E-state index in [9.17, 15) is 9.59 Å². The van der Waals surface area contributed by atoms with Crippen LogP contribution in [0.15, 0.2) is 48.5 Å². The van der Waals surface area contributed by atoms with Crippen LogP contribution in [0.5, 0.6) is 0 Å². The van der Waals surface area contributed by atoms with Crippen LogP contribution in [-0.2, 0) is 11.2 Å². The molecule has 3 N–H and O–H groups in total. The lowest BCUT2D eigenvalue weighted by Crippen LogP contribution is -2.47. The molecular weight excluding hydrogens is 302 g/mol. The number of nitrogen functional groups attached to an aromatic ring is 1. The van der Waals surface area contributed by atoms with Crippen LogP contribution in [0.25, 0.3) is 0 Å². The minimum absolute atomic E-state index is 0.145. The topological polar surface area (TPSA) is 75.4 Å². The van der Waals surface area contributed by atoms with Gasteiger partial charge in [0.2, 0.25) is 5.91 Å². The molecule has 0 bridgehead atoms. The van der Waals surface area contributed by atoms with Crippen molar-refractivity contribution in [3.63, 3.8) is 0 Å². The van der Waals surface area contributed by atoms with E-state index >= 15 is 0 Å². The lowest BCUT2D eigenvalue weighted by molar-refractivity contribution is -0.130. The predicted molar refractivity (Wildman–Crippen MR) is 95.7 cm³/mol. The molecule has 126 valence electrons. The van der Waals surface area contributed by atoms with Crippen LogP contribution in [0, 0.1) is 6.92 Å². The van der Waals surface area contributed by atoms with Gasteiger partial charge in [0, 0.05) is 31.8 Å². The van der Waals surface area contributed by atoms with E-state index in [2.05, 4.69) is 5.32 Å². The summed E-state index contributed by atoms with van der Waals surface area (Å²) in [4.78, 5) is 26.5. The molecule has 5 heteroatoms. The monoisotopic (exact) mass is 325 g/mol. The maximum absolute atomic E-state index is 12.6. The Morgan fingerprint density at radius 2 is 1.79 bits per heavy atom. The molecule has 0 spiro atoms. The molecule has 2 aromatic rings. The number of anilines is 1. The summed E-state index contributed by atoms with van der Waals surface area (Å²) in [5, 5.41) is 2.85. The fraction of sp³-hybridized carbons (Fsp3) is 0.263. The van der Waals surface area contributed by atoms with Crippen molar-refractivity contribution in [2.24, 2.45) is 0 Å². The van der Waals surface area contributed by atoms with Gasteiger partial charge in [0.1, 0.15) is 6.04 Å². The molecule has 0 aliphatic carbocycles. The highest BCUT2D eigenvalue weighted by atomic mass is 16.2. The van der Waals surface area contributed by atoms with Crippen LogP contribution in [0.4, 0.5) is 5.69 Å². The number of hydrogen-bond acceptors (Lipinski definition) is 3. The molecule has 2 aromatic carbocycles. The Morgan fingerprint density at radius 1 is 1.12 bits per heavy atom. The number of nitrogens with two attached hydrogens (primary N) is 1. The third-order valence-corrected chi connectivity index (χ3v) is 3.83. The molecule has 5 nitrogen and oxygen atoms in total. The summed E-state index contributed by atoms with van der Waals surface area (Å²) in [5.41, 5.74) is 8.58. The van der Waals surface area contributed by atoms with Gasteiger partial charge in [0.05, 0.1) is 0 Å². The fourth-order valence-corrected chi connectivity index (χ4v) is 2.48. The van der Waals surface area contributed by atoms with Gasteiger partial charge in [-0.25, -0.2) is 0 Å². The second-order valence-corrected chi connectivity index (χ2v) is 6.02. The molecule has 2 amide bonds. The van der Waals surface area contributed by atoms with Crippen molar-refractivity contribution in [1.29, 1.82) is 0 Å². The van der Waals surface area contributed by atoms with Gasteiger partial charge in [0.25, 0.3) is 5.91 Å². The molecular formula is C19H23N3O2. The Morgan fingerprint density at radius 3 is 2.42 bits per heavy atom. The number of nitrogens with one attached hydrogen (secondary N) is 1. The summed E-state index contributed by atoms with van der Waals surface area (Å²) in [6.45, 7) is 1.84. The minimum atomic E-state index is -0.629. The van der Waals surface area contributed by atoms with Gasteiger partial charge in [-0.3, -0.25) is 9.59 Å². The number of aryl methyl sites for hydroxylation is 1. The molecule has 1 atom stereocenters. The fourth-order valence-electron chi connectivity index (χ4n) is 2.48. The Bertz CT molecular complexity index is 727. The first kappa shape index (κ1) is 17.5. The maximum Gasteiger partial charge on any atom is 0.252 e. The van der Waals surface area contributed by atoms with Gasteiger partial charge in [0.15, 0.2) is 0 Å². The predicted octanol–water partition coefficient (Wildman–Crippen LogP) is 2.01. The van der Waals surface area contributed by atoms with Crippen molar-refractivity contribution in [3.05, 3.63) is 65.2 Å². The molecule has 0 fully saturated rings. The van der Waals surface area contributed by atoms with E-state index in [0.717, 1.165) is 11.1 Å². The summed E-state index contributed by atoms with van der Waals surface area (Å²) < 4.78 is 0. The number of carbonyl (C=O) groups is 2. The molecule has 0 saturated heterocycles. The van der Waals surface area contributed by atoms with Gasteiger partial charge in [-0.1, -0.05) is 36.4 Å². The van der Waals surface area contributed by atoms with E-state index in [1.807, 2.05) is 37.3 Å². The zero-order valence-corrected chi connectivity index (χ0v) is 14.2. The average molecular weight is 325 g/mol. The first-order valence-electron chi connectivity index (χ1n) is 7.80. The van der Waals surface area contributed by atoms with Gasteiger partial charge >= 0.3 is 0 Å². The highest BCUT2D eigenvalue weighted by Crippen LogP contribution is 2.13. The summed E-state index contributed by atoms with van der Waals surface area (Å²) >= 11 is 0. The lowest BCUT2D eigenvalue weighted by atomic mass is 10.0. The third-order valence-electron chi connectivity index (χ3n) is 3.83. The summed E-state index contributed by atoms with van der Waals surface area (Å²) in [6, 6.07) is 14.2. The first-order chi connectivity index (χ1) is 11.4. The standard InChI is InChI=1S/C19H23N3O2/c1-13-9-10-15(20)12-16(13)18(23)21-17(19(24)22(2)3)11-14-7-5-4-6-8-14/h4-10,12,17H,11,20H2,1-3H3,(H,21,23). The van der Waals surface area contributed by atoms with Gasteiger partial charge in [-0.15, -0.1) is 0 Å². The molecule has 0 saturated carbocycles. The lowest BCUT2D eigenvalue weighted by Gasteiger charge is -2.22. The Labute approximate surface area is 142 Å². The average Bonchev–Trinajstić information content (AvgIpc) is 2.56. The minimum Gasteiger partial charge on any atom is -0.399 e. The number of amides is 2. The van der Waals surface area contributed by atoms with Crippen molar-refractivity contribution >= 4 is 17.5 Å². The first-order valence-corrected chi connectivity index (χ1v) is 7.80. The summed E-state index contributed by atoms with van der Waals surface area (Å²) in [7, 11) is 3.36. The van der Waals surface area contributed by atoms with E-state index in [0.29, 0.717) is 17.7 Å². The second-order valence-electron chi connectivity index (χ2n) is 6.02. The molecule has 0 radical (unpaired) electrons.